The number of rotatable bonds is 3. The highest BCUT2D eigenvalue weighted by atomic mass is 19.1. The fourth-order valence-corrected chi connectivity index (χ4v) is 4.60. The molecular weight excluding hydrogens is 348 g/mol. The van der Waals surface area contributed by atoms with Gasteiger partial charge >= 0.3 is 0 Å². The van der Waals surface area contributed by atoms with Crippen LogP contribution in [0.1, 0.15) is 26.7 Å². The molecule has 1 aromatic carbocycles. The summed E-state index contributed by atoms with van der Waals surface area (Å²) < 4.78 is 33.6. The molecule has 0 N–H and O–H groups in total. The van der Waals surface area contributed by atoms with E-state index in [1.807, 2.05) is 6.07 Å². The van der Waals surface area contributed by atoms with Crippen LogP contribution in [0.15, 0.2) is 24.4 Å². The minimum absolute atomic E-state index is 0.243. The number of nitrogens with zero attached hydrogens (tertiary/aromatic N) is 3. The van der Waals surface area contributed by atoms with Gasteiger partial charge in [0.05, 0.1) is 12.2 Å². The van der Waals surface area contributed by atoms with Gasteiger partial charge in [0.1, 0.15) is 11.3 Å². The molecule has 2 saturated heterocycles. The van der Waals surface area contributed by atoms with E-state index in [1.54, 1.807) is 6.20 Å². The van der Waals surface area contributed by atoms with Crippen LogP contribution >= 0.6 is 0 Å². The van der Waals surface area contributed by atoms with Crippen LogP contribution in [-0.2, 0) is 4.74 Å². The monoisotopic (exact) mass is 375 g/mol. The van der Waals surface area contributed by atoms with Crippen molar-refractivity contribution in [3.05, 3.63) is 36.0 Å². The lowest BCUT2D eigenvalue weighted by molar-refractivity contribution is -0.0720. The highest BCUT2D eigenvalue weighted by molar-refractivity contribution is 5.92. The van der Waals surface area contributed by atoms with Gasteiger partial charge in [-0.05, 0) is 44.7 Å². The maximum absolute atomic E-state index is 14.0. The van der Waals surface area contributed by atoms with Crippen molar-refractivity contribution < 1.29 is 13.5 Å². The van der Waals surface area contributed by atoms with E-state index >= 15 is 0 Å². The van der Waals surface area contributed by atoms with Crippen LogP contribution < -0.4 is 4.90 Å². The summed E-state index contributed by atoms with van der Waals surface area (Å²) in [6.07, 6.45) is 4.37. The lowest BCUT2D eigenvalue weighted by atomic mass is 9.95. The number of piperidine rings is 1. The second kappa shape index (κ2) is 7.68. The number of halogens is 2. The molecule has 2 atom stereocenters. The number of pyridine rings is 1. The summed E-state index contributed by atoms with van der Waals surface area (Å²) in [5.41, 5.74) is 1.12. The SMILES string of the molecule is CC1CN(CC2CCN(c3ccnc4c(F)cc(F)cc34)CC2)CC(C)O1. The van der Waals surface area contributed by atoms with Gasteiger partial charge in [-0.1, -0.05) is 0 Å². The molecule has 4 nitrogen and oxygen atoms in total. The van der Waals surface area contributed by atoms with Crippen molar-refractivity contribution in [2.75, 3.05) is 37.6 Å². The topological polar surface area (TPSA) is 28.6 Å². The number of anilines is 1. The van der Waals surface area contributed by atoms with Crippen molar-refractivity contribution in [3.63, 3.8) is 0 Å². The summed E-state index contributed by atoms with van der Waals surface area (Å²) in [6.45, 7) is 9.17. The lowest BCUT2D eigenvalue weighted by Gasteiger charge is -2.40. The Kier molecular flexibility index (Phi) is 5.28. The van der Waals surface area contributed by atoms with Crippen LogP contribution in [0.2, 0.25) is 0 Å². The van der Waals surface area contributed by atoms with Gasteiger partial charge in [0.2, 0.25) is 0 Å². The zero-order valence-corrected chi connectivity index (χ0v) is 16.0. The summed E-state index contributed by atoms with van der Waals surface area (Å²) in [6, 6.07) is 4.16. The van der Waals surface area contributed by atoms with Gasteiger partial charge in [0.15, 0.2) is 5.82 Å². The van der Waals surface area contributed by atoms with E-state index in [-0.39, 0.29) is 5.52 Å². The number of morpholine rings is 1. The molecule has 1 aromatic heterocycles. The van der Waals surface area contributed by atoms with Crippen LogP contribution in [0.4, 0.5) is 14.5 Å². The third-order valence-electron chi connectivity index (χ3n) is 5.71. The Morgan fingerprint density at radius 2 is 1.81 bits per heavy atom. The summed E-state index contributed by atoms with van der Waals surface area (Å²) in [4.78, 5) is 8.86. The molecule has 0 spiro atoms. The molecule has 0 saturated carbocycles. The van der Waals surface area contributed by atoms with Gasteiger partial charge in [0.25, 0.3) is 0 Å². The molecule has 0 aliphatic carbocycles. The van der Waals surface area contributed by atoms with Crippen LogP contribution in [-0.4, -0.2) is 54.8 Å². The summed E-state index contributed by atoms with van der Waals surface area (Å²) in [5, 5.41) is 0.560. The van der Waals surface area contributed by atoms with Gasteiger partial charge in [-0.15, -0.1) is 0 Å². The number of benzene rings is 1. The Morgan fingerprint density at radius 3 is 2.52 bits per heavy atom. The first kappa shape index (κ1) is 18.6. The number of fused-ring (bicyclic) bond motifs is 1. The average molecular weight is 375 g/mol. The molecule has 2 aliphatic rings. The minimum atomic E-state index is -0.600. The van der Waals surface area contributed by atoms with Crippen molar-refractivity contribution in [3.8, 4) is 0 Å². The molecule has 0 bridgehead atoms. The predicted molar refractivity (Wildman–Crippen MR) is 103 cm³/mol. The third kappa shape index (κ3) is 4.06. The zero-order chi connectivity index (χ0) is 19.0. The second-order valence-electron chi connectivity index (χ2n) is 8.02. The molecule has 2 unspecified atom stereocenters. The standard InChI is InChI=1S/C21H27F2N3O/c1-14-11-25(12-15(2)27-14)13-16-4-7-26(8-5-16)20-3-6-24-21-18(20)9-17(22)10-19(21)23/h3,6,9-10,14-16H,4-5,7-8,11-13H2,1-2H3. The molecular formula is C21H27F2N3O. The quantitative estimate of drug-likeness (QED) is 0.815. The van der Waals surface area contributed by atoms with E-state index in [0.717, 1.165) is 57.3 Å². The van der Waals surface area contributed by atoms with E-state index in [4.69, 9.17) is 4.74 Å². The van der Waals surface area contributed by atoms with E-state index < -0.39 is 11.6 Å². The number of hydrogen-bond acceptors (Lipinski definition) is 4. The van der Waals surface area contributed by atoms with Crippen molar-refractivity contribution in [1.82, 2.24) is 9.88 Å². The molecule has 146 valence electrons. The first-order valence-electron chi connectivity index (χ1n) is 9.86. The summed E-state index contributed by atoms with van der Waals surface area (Å²) in [7, 11) is 0. The van der Waals surface area contributed by atoms with Crippen LogP contribution in [0.25, 0.3) is 10.9 Å². The highest BCUT2D eigenvalue weighted by Crippen LogP contribution is 2.31. The van der Waals surface area contributed by atoms with Crippen LogP contribution in [0.3, 0.4) is 0 Å². The molecule has 2 aromatic rings. The van der Waals surface area contributed by atoms with Crippen LogP contribution in [0.5, 0.6) is 0 Å². The first-order valence-corrected chi connectivity index (χ1v) is 9.86. The first-order chi connectivity index (χ1) is 13.0. The lowest BCUT2D eigenvalue weighted by Crippen LogP contribution is -2.48. The number of aromatic nitrogens is 1. The molecule has 3 heterocycles. The molecule has 0 radical (unpaired) electrons. The van der Waals surface area contributed by atoms with Crippen molar-refractivity contribution >= 4 is 16.6 Å². The molecule has 6 heteroatoms. The average Bonchev–Trinajstić information content (AvgIpc) is 2.61. The van der Waals surface area contributed by atoms with Crippen molar-refractivity contribution in [2.24, 2.45) is 5.92 Å². The maximum Gasteiger partial charge on any atom is 0.152 e. The fraction of sp³-hybridized carbons (Fsp3) is 0.571. The molecule has 2 aliphatic heterocycles. The number of ether oxygens (including phenoxy) is 1. The Balaban J connectivity index is 1.43. The maximum atomic E-state index is 14.0. The summed E-state index contributed by atoms with van der Waals surface area (Å²) >= 11 is 0. The third-order valence-corrected chi connectivity index (χ3v) is 5.71. The van der Waals surface area contributed by atoms with Crippen LogP contribution in [0, 0.1) is 17.6 Å². The fourth-order valence-electron chi connectivity index (χ4n) is 4.60. The Labute approximate surface area is 159 Å². The molecule has 0 amide bonds. The van der Waals surface area contributed by atoms with Gasteiger partial charge in [0, 0.05) is 56.1 Å². The second-order valence-corrected chi connectivity index (χ2v) is 8.02. The van der Waals surface area contributed by atoms with Crippen molar-refractivity contribution in [1.29, 1.82) is 0 Å². The van der Waals surface area contributed by atoms with Gasteiger partial charge < -0.3 is 9.64 Å². The smallest absolute Gasteiger partial charge is 0.152 e. The van der Waals surface area contributed by atoms with E-state index in [0.29, 0.717) is 23.5 Å². The Hall–Kier alpha value is -1.79. The van der Waals surface area contributed by atoms with Gasteiger partial charge in [-0.2, -0.15) is 0 Å². The zero-order valence-electron chi connectivity index (χ0n) is 16.0. The number of hydrogen-bond donors (Lipinski definition) is 0. The highest BCUT2D eigenvalue weighted by Gasteiger charge is 2.27. The van der Waals surface area contributed by atoms with Gasteiger partial charge in [-0.25, -0.2) is 8.78 Å². The van der Waals surface area contributed by atoms with E-state index in [1.165, 1.54) is 6.07 Å². The Morgan fingerprint density at radius 1 is 1.11 bits per heavy atom. The molecule has 27 heavy (non-hydrogen) atoms. The Bertz CT molecular complexity index is 797. The largest absolute Gasteiger partial charge is 0.373 e. The van der Waals surface area contributed by atoms with E-state index in [2.05, 4.69) is 28.6 Å². The summed E-state index contributed by atoms with van der Waals surface area (Å²) in [5.74, 6) is -0.502. The van der Waals surface area contributed by atoms with Crippen molar-refractivity contribution in [2.45, 2.75) is 38.9 Å². The normalized spacial score (nSPS) is 25.3. The predicted octanol–water partition coefficient (Wildman–Crippen LogP) is 3.84. The van der Waals surface area contributed by atoms with Gasteiger partial charge in [-0.3, -0.25) is 9.88 Å². The molecule has 2 fully saturated rings. The van der Waals surface area contributed by atoms with E-state index in [9.17, 15) is 8.78 Å². The molecule has 4 rings (SSSR count). The minimum Gasteiger partial charge on any atom is -0.373 e.